The number of benzene rings is 1. The second kappa shape index (κ2) is 6.42. The van der Waals surface area contributed by atoms with Crippen molar-refractivity contribution in [1.29, 1.82) is 0 Å². The van der Waals surface area contributed by atoms with E-state index in [4.69, 9.17) is 0 Å². The van der Waals surface area contributed by atoms with Crippen LogP contribution >= 0.6 is 0 Å². The lowest BCUT2D eigenvalue weighted by Crippen LogP contribution is -2.50. The van der Waals surface area contributed by atoms with E-state index in [9.17, 15) is 12.8 Å². The molecule has 0 aromatic heterocycles. The second-order valence-corrected chi connectivity index (χ2v) is 6.18. The summed E-state index contributed by atoms with van der Waals surface area (Å²) in [7, 11) is -3.39. The summed E-state index contributed by atoms with van der Waals surface area (Å²) >= 11 is 0. The van der Waals surface area contributed by atoms with E-state index < -0.39 is 10.2 Å². The summed E-state index contributed by atoms with van der Waals surface area (Å²) in [5.41, 5.74) is 0.907. The van der Waals surface area contributed by atoms with Gasteiger partial charge in [-0.15, -0.1) is 0 Å². The fourth-order valence-corrected chi connectivity index (χ4v) is 3.16. The van der Waals surface area contributed by atoms with Crippen molar-refractivity contribution < 1.29 is 12.8 Å². The zero-order valence-corrected chi connectivity index (χ0v) is 11.4. The van der Waals surface area contributed by atoms with Crippen molar-refractivity contribution in [3.63, 3.8) is 0 Å². The molecule has 1 aliphatic rings. The third-order valence-electron chi connectivity index (χ3n) is 3.03. The first-order chi connectivity index (χ1) is 9.08. The van der Waals surface area contributed by atoms with Crippen LogP contribution in [0.2, 0.25) is 0 Å². The molecule has 0 atom stereocenters. The minimum Gasteiger partial charge on any atom is -0.314 e. The molecule has 0 aliphatic carbocycles. The first kappa shape index (κ1) is 14.4. The van der Waals surface area contributed by atoms with Gasteiger partial charge in [0, 0.05) is 32.7 Å². The van der Waals surface area contributed by atoms with Crippen LogP contribution in [0, 0.1) is 5.82 Å². The van der Waals surface area contributed by atoms with Crippen LogP contribution in [0.4, 0.5) is 4.39 Å². The maximum absolute atomic E-state index is 12.7. The van der Waals surface area contributed by atoms with Crippen LogP contribution in [-0.2, 0) is 16.6 Å². The Bertz CT molecular complexity index is 498. The maximum atomic E-state index is 12.7. The van der Waals surface area contributed by atoms with Gasteiger partial charge in [-0.1, -0.05) is 12.1 Å². The molecule has 0 bridgehead atoms. The molecule has 1 saturated heterocycles. The molecule has 1 heterocycles. The molecular formula is C12H18FN3O2S. The van der Waals surface area contributed by atoms with Crippen LogP contribution in [0.15, 0.2) is 24.3 Å². The molecule has 0 radical (unpaired) electrons. The Hall–Kier alpha value is -1.02. The predicted octanol–water partition coefficient (Wildman–Crippen LogP) is 0.108. The molecule has 2 rings (SSSR count). The summed E-state index contributed by atoms with van der Waals surface area (Å²) in [6, 6.07) is 6.07. The Morgan fingerprint density at radius 3 is 2.47 bits per heavy atom. The zero-order valence-electron chi connectivity index (χ0n) is 10.6. The van der Waals surface area contributed by atoms with Gasteiger partial charge >= 0.3 is 0 Å². The van der Waals surface area contributed by atoms with E-state index in [1.165, 1.54) is 16.4 Å². The van der Waals surface area contributed by atoms with Gasteiger partial charge in [-0.3, -0.25) is 0 Å². The molecule has 1 aromatic carbocycles. The van der Waals surface area contributed by atoms with E-state index in [1.54, 1.807) is 12.1 Å². The van der Waals surface area contributed by atoms with Crippen molar-refractivity contribution in [3.05, 3.63) is 35.6 Å². The average molecular weight is 287 g/mol. The molecule has 7 heteroatoms. The van der Waals surface area contributed by atoms with Crippen LogP contribution in [-0.4, -0.2) is 45.4 Å². The maximum Gasteiger partial charge on any atom is 0.279 e. The van der Waals surface area contributed by atoms with Crippen molar-refractivity contribution in [2.24, 2.45) is 0 Å². The van der Waals surface area contributed by atoms with Gasteiger partial charge in [-0.25, -0.2) is 9.11 Å². The van der Waals surface area contributed by atoms with Crippen molar-refractivity contribution in [3.8, 4) is 0 Å². The topological polar surface area (TPSA) is 61.4 Å². The highest BCUT2D eigenvalue weighted by Crippen LogP contribution is 2.04. The SMILES string of the molecule is O=S(=O)(NCCc1ccc(F)cc1)N1CCNCC1. The van der Waals surface area contributed by atoms with Gasteiger partial charge in [0.2, 0.25) is 0 Å². The van der Waals surface area contributed by atoms with E-state index in [1.807, 2.05) is 0 Å². The summed E-state index contributed by atoms with van der Waals surface area (Å²) < 4.78 is 40.6. The largest absolute Gasteiger partial charge is 0.314 e. The molecule has 0 spiro atoms. The quantitative estimate of drug-likeness (QED) is 0.808. The molecule has 0 unspecified atom stereocenters. The lowest BCUT2D eigenvalue weighted by Gasteiger charge is -2.26. The molecule has 1 fully saturated rings. The molecule has 0 amide bonds. The van der Waals surface area contributed by atoms with Crippen LogP contribution in [0.25, 0.3) is 0 Å². The third kappa shape index (κ3) is 4.24. The average Bonchev–Trinajstić information content (AvgIpc) is 2.42. The fourth-order valence-electron chi connectivity index (χ4n) is 1.95. The first-order valence-corrected chi connectivity index (χ1v) is 7.72. The highest BCUT2D eigenvalue weighted by atomic mass is 32.2. The molecule has 1 aromatic rings. The third-order valence-corrected chi connectivity index (χ3v) is 4.64. The first-order valence-electron chi connectivity index (χ1n) is 6.28. The number of nitrogens with one attached hydrogen (secondary N) is 2. The van der Waals surface area contributed by atoms with Crippen molar-refractivity contribution in [1.82, 2.24) is 14.3 Å². The van der Waals surface area contributed by atoms with E-state index in [0.717, 1.165) is 5.56 Å². The Morgan fingerprint density at radius 1 is 1.21 bits per heavy atom. The van der Waals surface area contributed by atoms with E-state index in [0.29, 0.717) is 39.1 Å². The van der Waals surface area contributed by atoms with Gasteiger partial charge in [0.05, 0.1) is 0 Å². The number of nitrogens with zero attached hydrogens (tertiary/aromatic N) is 1. The lowest BCUT2D eigenvalue weighted by atomic mass is 10.1. The van der Waals surface area contributed by atoms with Gasteiger partial charge in [-0.05, 0) is 24.1 Å². The van der Waals surface area contributed by atoms with Crippen molar-refractivity contribution in [2.45, 2.75) is 6.42 Å². The van der Waals surface area contributed by atoms with Gasteiger partial charge in [-0.2, -0.15) is 12.7 Å². The molecule has 19 heavy (non-hydrogen) atoms. The molecule has 5 nitrogen and oxygen atoms in total. The normalized spacial score (nSPS) is 17.5. The summed E-state index contributed by atoms with van der Waals surface area (Å²) in [5.74, 6) is -0.287. The Labute approximate surface area is 113 Å². The fraction of sp³-hybridized carbons (Fsp3) is 0.500. The van der Waals surface area contributed by atoms with Gasteiger partial charge in [0.25, 0.3) is 10.2 Å². The minimum absolute atomic E-state index is 0.287. The van der Waals surface area contributed by atoms with E-state index in [-0.39, 0.29) is 5.82 Å². The van der Waals surface area contributed by atoms with Crippen molar-refractivity contribution >= 4 is 10.2 Å². The molecule has 0 saturated carbocycles. The highest BCUT2D eigenvalue weighted by Gasteiger charge is 2.22. The number of hydrogen-bond acceptors (Lipinski definition) is 3. The van der Waals surface area contributed by atoms with E-state index >= 15 is 0 Å². The Balaban J connectivity index is 1.82. The zero-order chi connectivity index (χ0) is 13.7. The lowest BCUT2D eigenvalue weighted by molar-refractivity contribution is 0.355. The van der Waals surface area contributed by atoms with Crippen molar-refractivity contribution in [2.75, 3.05) is 32.7 Å². The summed E-state index contributed by atoms with van der Waals surface area (Å²) in [4.78, 5) is 0. The minimum atomic E-state index is -3.39. The second-order valence-electron chi connectivity index (χ2n) is 4.42. The molecule has 106 valence electrons. The number of piperazine rings is 1. The summed E-state index contributed by atoms with van der Waals surface area (Å²) in [5, 5.41) is 3.10. The standard InChI is InChI=1S/C12H18FN3O2S/c13-12-3-1-11(2-4-12)5-6-15-19(17,18)16-9-7-14-8-10-16/h1-4,14-15H,5-10H2. The molecule has 2 N–H and O–H groups in total. The Kier molecular flexibility index (Phi) is 4.87. The van der Waals surface area contributed by atoms with Crippen LogP contribution in [0.3, 0.4) is 0 Å². The van der Waals surface area contributed by atoms with Gasteiger partial charge in [0.15, 0.2) is 0 Å². The van der Waals surface area contributed by atoms with Crippen LogP contribution < -0.4 is 10.0 Å². The highest BCUT2D eigenvalue weighted by molar-refractivity contribution is 7.87. The Morgan fingerprint density at radius 2 is 1.84 bits per heavy atom. The summed E-state index contributed by atoms with van der Waals surface area (Å²) in [6.07, 6.45) is 0.547. The number of halogens is 1. The van der Waals surface area contributed by atoms with Crippen LogP contribution in [0.5, 0.6) is 0 Å². The number of hydrogen-bond donors (Lipinski definition) is 2. The monoisotopic (exact) mass is 287 g/mol. The van der Waals surface area contributed by atoms with Gasteiger partial charge < -0.3 is 5.32 Å². The summed E-state index contributed by atoms with van der Waals surface area (Å²) in [6.45, 7) is 2.66. The van der Waals surface area contributed by atoms with Gasteiger partial charge in [0.1, 0.15) is 5.82 Å². The smallest absolute Gasteiger partial charge is 0.279 e. The molecular weight excluding hydrogens is 269 g/mol. The van der Waals surface area contributed by atoms with E-state index in [2.05, 4.69) is 10.0 Å². The predicted molar refractivity (Wildman–Crippen MR) is 71.5 cm³/mol. The number of rotatable bonds is 5. The van der Waals surface area contributed by atoms with Crippen LogP contribution in [0.1, 0.15) is 5.56 Å². The molecule has 1 aliphatic heterocycles.